The summed E-state index contributed by atoms with van der Waals surface area (Å²) in [6, 6.07) is 0.433. The molecule has 1 saturated carbocycles. The van der Waals surface area contributed by atoms with E-state index < -0.39 is 0 Å². The fraction of sp³-hybridized carbons (Fsp3) is 0.867. The van der Waals surface area contributed by atoms with Crippen molar-refractivity contribution in [2.45, 2.75) is 76.6 Å². The molecule has 0 saturated heterocycles. The third-order valence-corrected chi connectivity index (χ3v) is 4.74. The van der Waals surface area contributed by atoms with Crippen molar-refractivity contribution in [3.63, 3.8) is 0 Å². The maximum atomic E-state index is 4.60. The first-order chi connectivity index (χ1) is 9.00. The van der Waals surface area contributed by atoms with Gasteiger partial charge in [-0.3, -0.25) is 0 Å². The van der Waals surface area contributed by atoms with E-state index in [2.05, 4.69) is 58.4 Å². The Hall–Kier alpha value is -0.380. The molecule has 1 aliphatic rings. The van der Waals surface area contributed by atoms with Gasteiger partial charge in [-0.1, -0.05) is 42.6 Å². The van der Waals surface area contributed by atoms with Gasteiger partial charge in [-0.05, 0) is 39.0 Å². The van der Waals surface area contributed by atoms with E-state index in [1.54, 1.807) is 0 Å². The van der Waals surface area contributed by atoms with Crippen LogP contribution in [0.4, 0.5) is 0 Å². The van der Waals surface area contributed by atoms with Gasteiger partial charge in [0.25, 0.3) is 0 Å². The SMILES string of the molecule is CC(C)CC1(c2nnc(CBr)n2C(C)C)CCCC1. The molecule has 1 fully saturated rings. The molecular formula is C15H26BrN3. The van der Waals surface area contributed by atoms with E-state index in [1.165, 1.54) is 37.9 Å². The van der Waals surface area contributed by atoms with Gasteiger partial charge in [0.2, 0.25) is 0 Å². The number of rotatable bonds is 5. The summed E-state index contributed by atoms with van der Waals surface area (Å²) in [5, 5.41) is 9.80. The topological polar surface area (TPSA) is 30.7 Å². The van der Waals surface area contributed by atoms with Crippen molar-refractivity contribution in [2.75, 3.05) is 0 Å². The summed E-state index contributed by atoms with van der Waals surface area (Å²) in [7, 11) is 0. The average Bonchev–Trinajstić information content (AvgIpc) is 2.93. The molecule has 108 valence electrons. The summed E-state index contributed by atoms with van der Waals surface area (Å²) in [4.78, 5) is 0. The second kappa shape index (κ2) is 5.94. The first-order valence-electron chi connectivity index (χ1n) is 7.50. The fourth-order valence-electron chi connectivity index (χ4n) is 3.67. The lowest BCUT2D eigenvalue weighted by Gasteiger charge is -2.31. The molecule has 1 aliphatic carbocycles. The van der Waals surface area contributed by atoms with Gasteiger partial charge in [-0.15, -0.1) is 10.2 Å². The largest absolute Gasteiger partial charge is 0.311 e. The molecule has 0 radical (unpaired) electrons. The molecule has 0 bridgehead atoms. The van der Waals surface area contributed by atoms with Crippen LogP contribution in [0, 0.1) is 5.92 Å². The monoisotopic (exact) mass is 327 g/mol. The van der Waals surface area contributed by atoms with E-state index in [9.17, 15) is 0 Å². The van der Waals surface area contributed by atoms with Crippen LogP contribution in [0.1, 0.15) is 77.5 Å². The third-order valence-electron chi connectivity index (χ3n) is 4.24. The van der Waals surface area contributed by atoms with E-state index in [1.807, 2.05) is 0 Å². The number of halogens is 1. The highest BCUT2D eigenvalue weighted by atomic mass is 79.9. The zero-order valence-corrected chi connectivity index (χ0v) is 14.2. The summed E-state index contributed by atoms with van der Waals surface area (Å²) in [6.45, 7) is 9.11. The highest BCUT2D eigenvalue weighted by molar-refractivity contribution is 9.08. The number of alkyl halides is 1. The van der Waals surface area contributed by atoms with Crippen LogP contribution in [0.15, 0.2) is 0 Å². The third kappa shape index (κ3) is 2.88. The molecule has 0 N–H and O–H groups in total. The van der Waals surface area contributed by atoms with Crippen molar-refractivity contribution in [2.24, 2.45) is 5.92 Å². The Labute approximate surface area is 125 Å². The highest BCUT2D eigenvalue weighted by Crippen LogP contribution is 2.45. The molecule has 0 aromatic carbocycles. The van der Waals surface area contributed by atoms with Crippen molar-refractivity contribution in [3.05, 3.63) is 11.6 Å². The van der Waals surface area contributed by atoms with E-state index in [4.69, 9.17) is 0 Å². The second-order valence-corrected chi connectivity index (χ2v) is 7.18. The van der Waals surface area contributed by atoms with Crippen LogP contribution in [0.5, 0.6) is 0 Å². The van der Waals surface area contributed by atoms with Crippen molar-refractivity contribution in [1.29, 1.82) is 0 Å². The lowest BCUT2D eigenvalue weighted by molar-refractivity contribution is 0.310. The Kier molecular flexibility index (Phi) is 4.70. The van der Waals surface area contributed by atoms with E-state index in [0.29, 0.717) is 12.0 Å². The van der Waals surface area contributed by atoms with E-state index in [-0.39, 0.29) is 5.41 Å². The molecule has 0 unspecified atom stereocenters. The molecule has 0 amide bonds. The molecule has 0 aliphatic heterocycles. The summed E-state index contributed by atoms with van der Waals surface area (Å²) < 4.78 is 2.36. The predicted molar refractivity (Wildman–Crippen MR) is 82.6 cm³/mol. The fourth-order valence-corrected chi connectivity index (χ4v) is 4.05. The van der Waals surface area contributed by atoms with Crippen molar-refractivity contribution >= 4 is 15.9 Å². The quantitative estimate of drug-likeness (QED) is 0.739. The van der Waals surface area contributed by atoms with Crippen molar-refractivity contribution in [1.82, 2.24) is 14.8 Å². The molecular weight excluding hydrogens is 302 g/mol. The van der Waals surface area contributed by atoms with Crippen molar-refractivity contribution < 1.29 is 0 Å². The maximum absolute atomic E-state index is 4.60. The average molecular weight is 328 g/mol. The van der Waals surface area contributed by atoms with E-state index >= 15 is 0 Å². The molecule has 1 heterocycles. The van der Waals surface area contributed by atoms with Gasteiger partial charge in [0.1, 0.15) is 11.6 Å². The summed E-state index contributed by atoms with van der Waals surface area (Å²) in [6.07, 6.45) is 6.46. The Bertz CT molecular complexity index is 417. The van der Waals surface area contributed by atoms with Gasteiger partial charge in [0.15, 0.2) is 0 Å². The smallest absolute Gasteiger partial charge is 0.143 e. The molecule has 0 atom stereocenters. The predicted octanol–water partition coefficient (Wildman–Crippen LogP) is 4.61. The summed E-state index contributed by atoms with van der Waals surface area (Å²) >= 11 is 3.54. The van der Waals surface area contributed by atoms with Crippen LogP contribution in [0.3, 0.4) is 0 Å². The lowest BCUT2D eigenvalue weighted by atomic mass is 9.77. The normalized spacial score (nSPS) is 18.7. The van der Waals surface area contributed by atoms with Gasteiger partial charge in [0.05, 0.1) is 5.33 Å². The number of hydrogen-bond acceptors (Lipinski definition) is 2. The molecule has 4 heteroatoms. The van der Waals surface area contributed by atoms with Gasteiger partial charge in [-0.25, -0.2) is 0 Å². The lowest BCUT2D eigenvalue weighted by Crippen LogP contribution is -2.30. The Morgan fingerprint density at radius 1 is 1.16 bits per heavy atom. The molecule has 1 aromatic rings. The van der Waals surface area contributed by atoms with Crippen molar-refractivity contribution in [3.8, 4) is 0 Å². The van der Waals surface area contributed by atoms with Crippen LogP contribution in [0.25, 0.3) is 0 Å². The summed E-state index contributed by atoms with van der Waals surface area (Å²) in [5.41, 5.74) is 0.270. The minimum absolute atomic E-state index is 0.270. The van der Waals surface area contributed by atoms with Crippen LogP contribution in [0.2, 0.25) is 0 Å². The van der Waals surface area contributed by atoms with Crippen LogP contribution >= 0.6 is 15.9 Å². The van der Waals surface area contributed by atoms with Gasteiger partial charge in [0, 0.05) is 11.5 Å². The first-order valence-corrected chi connectivity index (χ1v) is 8.62. The minimum atomic E-state index is 0.270. The first kappa shape index (κ1) is 15.0. The standard InChI is InChI=1S/C15H26BrN3/c1-11(2)9-15(7-5-6-8-15)14-18-17-13(10-16)19(14)12(3)4/h11-12H,5-10H2,1-4H3. The van der Waals surface area contributed by atoms with E-state index in [0.717, 1.165) is 11.2 Å². The Morgan fingerprint density at radius 2 is 1.79 bits per heavy atom. The number of hydrogen-bond donors (Lipinski definition) is 0. The van der Waals surface area contributed by atoms with Crippen LogP contribution < -0.4 is 0 Å². The molecule has 0 spiro atoms. The van der Waals surface area contributed by atoms with Crippen LogP contribution in [-0.2, 0) is 10.7 Å². The van der Waals surface area contributed by atoms with Gasteiger partial charge < -0.3 is 4.57 Å². The van der Waals surface area contributed by atoms with Gasteiger partial charge >= 0.3 is 0 Å². The molecule has 19 heavy (non-hydrogen) atoms. The molecule has 3 nitrogen and oxygen atoms in total. The number of nitrogens with zero attached hydrogens (tertiary/aromatic N) is 3. The van der Waals surface area contributed by atoms with Gasteiger partial charge in [-0.2, -0.15) is 0 Å². The zero-order chi connectivity index (χ0) is 14.0. The highest BCUT2D eigenvalue weighted by Gasteiger charge is 2.41. The Balaban J connectivity index is 2.45. The molecule has 1 aromatic heterocycles. The van der Waals surface area contributed by atoms with Crippen LogP contribution in [-0.4, -0.2) is 14.8 Å². The zero-order valence-electron chi connectivity index (χ0n) is 12.6. The maximum Gasteiger partial charge on any atom is 0.143 e. The minimum Gasteiger partial charge on any atom is -0.311 e. The summed E-state index contributed by atoms with van der Waals surface area (Å²) in [5.74, 6) is 3.02. The number of aromatic nitrogens is 3. The second-order valence-electron chi connectivity index (χ2n) is 6.62. The molecule has 2 rings (SSSR count). The Morgan fingerprint density at radius 3 is 2.26 bits per heavy atom.